The van der Waals surface area contributed by atoms with Gasteiger partial charge in [-0.25, -0.2) is 0 Å². The summed E-state index contributed by atoms with van der Waals surface area (Å²) in [5.74, 6) is 0. The van der Waals surface area contributed by atoms with Crippen LogP contribution in [0.1, 0.15) is 0 Å². The molecule has 0 aliphatic carbocycles. The average Bonchev–Trinajstić information content (AvgIpc) is 1.69. The number of nitriles is 2. The summed E-state index contributed by atoms with van der Waals surface area (Å²) in [5, 5.41) is 16.1. The van der Waals surface area contributed by atoms with Crippen LogP contribution in [0, 0.1) is 22.7 Å². The predicted octanol–water partition coefficient (Wildman–Crippen LogP) is -5.65. The van der Waals surface area contributed by atoms with Crippen LogP contribution in [0.4, 0.5) is 0 Å². The molecule has 0 saturated heterocycles. The van der Waals surface area contributed by atoms with Gasteiger partial charge < -0.3 is 29.5 Å². The van der Waals surface area contributed by atoms with Crippen molar-refractivity contribution in [1.29, 1.82) is 10.5 Å². The summed E-state index contributed by atoms with van der Waals surface area (Å²) >= 11 is 8.70. The van der Waals surface area contributed by atoms with Crippen molar-refractivity contribution in [3.05, 3.63) is 9.81 Å². The first-order valence-corrected chi connectivity index (χ1v) is 2.42. The third-order valence-electron chi connectivity index (χ3n) is 0.428. The fraction of sp³-hybridized carbons (Fsp3) is 0. The van der Waals surface area contributed by atoms with Gasteiger partial charge in [0, 0.05) is 0 Å². The summed E-state index contributed by atoms with van der Waals surface area (Å²) in [6.45, 7) is 0. The van der Waals surface area contributed by atoms with Crippen molar-refractivity contribution in [3.8, 4) is 12.1 Å². The molecule has 6 heteroatoms. The molecular weight excluding hydrogens is 186 g/mol. The Hall–Kier alpha value is 1.16. The largest absolute Gasteiger partial charge is 1.00 e. The Morgan fingerprint density at radius 2 is 1.30 bits per heavy atom. The number of hydrogen-bond acceptors (Lipinski definition) is 4. The molecular formula is C4N2Na2S2. The number of nitrogens with zero attached hydrogens (tertiary/aromatic N) is 2. The van der Waals surface area contributed by atoms with Gasteiger partial charge in [-0.05, 0) is 0 Å². The first-order chi connectivity index (χ1) is 3.72. The zero-order chi connectivity index (χ0) is 6.57. The van der Waals surface area contributed by atoms with Crippen LogP contribution >= 0.6 is 0 Å². The second-order valence-corrected chi connectivity index (χ2v) is 1.96. The van der Waals surface area contributed by atoms with Crippen LogP contribution in [0.15, 0.2) is 9.81 Å². The number of allylic oxidation sites excluding steroid dienone is 1. The molecule has 0 fully saturated rings. The molecule has 0 saturated carbocycles. The van der Waals surface area contributed by atoms with Crippen LogP contribution in [0.25, 0.3) is 0 Å². The van der Waals surface area contributed by atoms with Crippen LogP contribution in [0.3, 0.4) is 0 Å². The molecule has 0 aliphatic heterocycles. The maximum atomic E-state index is 8.03. The van der Waals surface area contributed by atoms with Gasteiger partial charge >= 0.3 is 59.1 Å². The molecule has 0 amide bonds. The van der Waals surface area contributed by atoms with E-state index in [0.29, 0.717) is 0 Å². The quantitative estimate of drug-likeness (QED) is 0.215. The van der Waals surface area contributed by atoms with Crippen molar-refractivity contribution in [2.45, 2.75) is 0 Å². The molecule has 0 heterocycles. The number of hydrogen-bond donors (Lipinski definition) is 0. The van der Waals surface area contributed by atoms with E-state index in [2.05, 4.69) is 25.3 Å². The van der Waals surface area contributed by atoms with Crippen molar-refractivity contribution in [2.75, 3.05) is 0 Å². The molecule has 0 N–H and O–H groups in total. The summed E-state index contributed by atoms with van der Waals surface area (Å²) in [6, 6.07) is 3.12. The molecule has 0 aromatic rings. The number of rotatable bonds is 0. The Bertz CT molecular complexity index is 180. The standard InChI is InChI=1S/C4H2N2S2.2Na/c5-1-3(2-6)4(7)8;;/h7-8H;;/q;2*+1/p-2. The molecule has 0 aromatic carbocycles. The first kappa shape index (κ1) is 17.3. The third-order valence-corrected chi connectivity index (χ3v) is 0.836. The van der Waals surface area contributed by atoms with Crippen molar-refractivity contribution in [1.82, 2.24) is 0 Å². The molecule has 0 spiro atoms. The van der Waals surface area contributed by atoms with E-state index in [1.165, 1.54) is 0 Å². The third kappa shape index (κ3) is 7.27. The van der Waals surface area contributed by atoms with Crippen molar-refractivity contribution in [2.24, 2.45) is 0 Å². The molecule has 0 unspecified atom stereocenters. The van der Waals surface area contributed by atoms with Crippen LogP contribution < -0.4 is 59.1 Å². The summed E-state index contributed by atoms with van der Waals surface area (Å²) < 4.78 is -0.0602. The van der Waals surface area contributed by atoms with E-state index in [4.69, 9.17) is 10.5 Å². The van der Waals surface area contributed by atoms with E-state index >= 15 is 0 Å². The topological polar surface area (TPSA) is 47.6 Å². The molecule has 0 rings (SSSR count). The van der Waals surface area contributed by atoms with E-state index in [-0.39, 0.29) is 68.9 Å². The summed E-state index contributed by atoms with van der Waals surface area (Å²) in [6.07, 6.45) is 0. The van der Waals surface area contributed by atoms with Crippen LogP contribution in [0.2, 0.25) is 0 Å². The van der Waals surface area contributed by atoms with Gasteiger partial charge in [0.25, 0.3) is 0 Å². The minimum Gasteiger partial charge on any atom is -0.805 e. The smallest absolute Gasteiger partial charge is 0.805 e. The van der Waals surface area contributed by atoms with Gasteiger partial charge in [0.15, 0.2) is 0 Å². The molecule has 0 aromatic heterocycles. The van der Waals surface area contributed by atoms with E-state index in [1.807, 2.05) is 0 Å². The van der Waals surface area contributed by atoms with Gasteiger partial charge in [0.1, 0.15) is 12.1 Å². The van der Waals surface area contributed by atoms with Gasteiger partial charge in [-0.15, -0.1) is 0 Å². The van der Waals surface area contributed by atoms with Gasteiger partial charge in [-0.1, -0.05) is 0 Å². The molecule has 40 valence electrons. The van der Waals surface area contributed by atoms with Crippen molar-refractivity contribution >= 4 is 25.3 Å². The average molecular weight is 186 g/mol. The van der Waals surface area contributed by atoms with Crippen LogP contribution in [-0.4, -0.2) is 0 Å². The van der Waals surface area contributed by atoms with Gasteiger partial charge in [0.2, 0.25) is 0 Å². The first-order valence-electron chi connectivity index (χ1n) is 1.61. The second kappa shape index (κ2) is 10.2. The molecule has 0 aliphatic rings. The zero-order valence-corrected chi connectivity index (χ0v) is 11.3. The normalized spacial score (nSPS) is 5.00. The second-order valence-electron chi connectivity index (χ2n) is 0.886. The maximum Gasteiger partial charge on any atom is 1.00 e. The molecule has 10 heavy (non-hydrogen) atoms. The fourth-order valence-electron chi connectivity index (χ4n) is 0.116. The van der Waals surface area contributed by atoms with E-state index in [9.17, 15) is 0 Å². The van der Waals surface area contributed by atoms with Gasteiger partial charge in [0.05, 0.1) is 5.57 Å². The predicted molar refractivity (Wildman–Crippen MR) is 33.0 cm³/mol. The Labute approximate surface area is 115 Å². The molecule has 2 nitrogen and oxygen atoms in total. The maximum absolute atomic E-state index is 8.03. The van der Waals surface area contributed by atoms with Crippen molar-refractivity contribution in [3.63, 3.8) is 0 Å². The monoisotopic (exact) mass is 186 g/mol. The Morgan fingerprint density at radius 1 is 1.00 bits per heavy atom. The Morgan fingerprint density at radius 3 is 1.30 bits per heavy atom. The van der Waals surface area contributed by atoms with Gasteiger partial charge in [-0.3, -0.25) is 0 Å². The van der Waals surface area contributed by atoms with Crippen molar-refractivity contribution < 1.29 is 59.1 Å². The zero-order valence-electron chi connectivity index (χ0n) is 5.71. The minimum atomic E-state index is -0.157. The van der Waals surface area contributed by atoms with Crippen LogP contribution in [-0.2, 0) is 25.3 Å². The van der Waals surface area contributed by atoms with Gasteiger partial charge in [-0.2, -0.15) is 10.5 Å². The van der Waals surface area contributed by atoms with E-state index < -0.39 is 0 Å². The summed E-state index contributed by atoms with van der Waals surface area (Å²) in [5.41, 5.74) is -0.157. The fourth-order valence-corrected chi connectivity index (χ4v) is 0.299. The summed E-state index contributed by atoms with van der Waals surface area (Å²) in [4.78, 5) is 0. The Balaban J connectivity index is -0.000000245. The van der Waals surface area contributed by atoms with E-state index in [0.717, 1.165) is 0 Å². The van der Waals surface area contributed by atoms with Crippen LogP contribution in [0.5, 0.6) is 0 Å². The molecule has 0 radical (unpaired) electrons. The molecule has 0 atom stereocenters. The Kier molecular flexibility index (Phi) is 17.6. The SMILES string of the molecule is N#CC(C#N)=C([S-])[S-].[Na+].[Na+]. The summed E-state index contributed by atoms with van der Waals surface area (Å²) in [7, 11) is 0. The van der Waals surface area contributed by atoms with E-state index in [1.54, 1.807) is 12.1 Å². The molecule has 0 bridgehead atoms. The minimum absolute atomic E-state index is 0.